The van der Waals surface area contributed by atoms with Crippen LogP contribution in [0.5, 0.6) is 0 Å². The topological polar surface area (TPSA) is 66.5 Å². The van der Waals surface area contributed by atoms with Gasteiger partial charge in [0.05, 0.1) is 5.75 Å². The van der Waals surface area contributed by atoms with Crippen LogP contribution in [0.2, 0.25) is 0 Å². The Bertz CT molecular complexity index is 574. The molecule has 1 N–H and O–H groups in total. The van der Waals surface area contributed by atoms with Crippen molar-refractivity contribution in [3.63, 3.8) is 0 Å². The van der Waals surface area contributed by atoms with Crippen LogP contribution in [0.3, 0.4) is 0 Å². The first-order valence-corrected chi connectivity index (χ1v) is 7.83. The lowest BCUT2D eigenvalue weighted by atomic mass is 10.1. The Labute approximate surface area is 128 Å². The number of amides is 3. The summed E-state index contributed by atoms with van der Waals surface area (Å²) in [6, 6.07) is 7.26. The van der Waals surface area contributed by atoms with Gasteiger partial charge in [-0.1, -0.05) is 25.1 Å². The van der Waals surface area contributed by atoms with Crippen molar-refractivity contribution in [2.75, 3.05) is 12.3 Å². The van der Waals surface area contributed by atoms with Gasteiger partial charge < -0.3 is 4.90 Å². The van der Waals surface area contributed by atoms with Crippen molar-refractivity contribution in [2.24, 2.45) is 0 Å². The molecule has 1 aliphatic heterocycles. The largest absolute Gasteiger partial charge is 0.321 e. The normalized spacial score (nSPS) is 18.6. The van der Waals surface area contributed by atoms with Crippen molar-refractivity contribution in [2.45, 2.75) is 31.2 Å². The van der Waals surface area contributed by atoms with E-state index in [0.29, 0.717) is 6.42 Å². The van der Waals surface area contributed by atoms with Crippen molar-refractivity contribution >= 4 is 29.5 Å². The van der Waals surface area contributed by atoms with Gasteiger partial charge in [-0.05, 0) is 25.0 Å². The molecule has 2 rings (SSSR count). The third-order valence-corrected chi connectivity index (χ3v) is 4.57. The van der Waals surface area contributed by atoms with Gasteiger partial charge in [0.1, 0.15) is 12.6 Å². The van der Waals surface area contributed by atoms with Crippen LogP contribution in [0.4, 0.5) is 0 Å². The maximum atomic E-state index is 12.3. The molecule has 5 nitrogen and oxygen atoms in total. The number of carbonyl (C=O) groups is 3. The Kier molecular flexibility index (Phi) is 5.01. The minimum atomic E-state index is -0.548. The minimum Gasteiger partial charge on any atom is -0.321 e. The maximum Gasteiger partial charge on any atom is 0.249 e. The predicted molar refractivity (Wildman–Crippen MR) is 80.8 cm³/mol. The molecule has 0 spiro atoms. The molecule has 1 aromatic rings. The van der Waals surface area contributed by atoms with Gasteiger partial charge in [-0.3, -0.25) is 19.7 Å². The molecular formula is C15H18N2O3S. The van der Waals surface area contributed by atoms with E-state index in [2.05, 4.69) is 5.32 Å². The molecule has 0 aromatic heterocycles. The van der Waals surface area contributed by atoms with Crippen molar-refractivity contribution < 1.29 is 14.4 Å². The average molecular weight is 306 g/mol. The summed E-state index contributed by atoms with van der Waals surface area (Å²) in [7, 11) is 0. The number of hydrogen-bond donors (Lipinski definition) is 1. The molecule has 1 aliphatic rings. The molecular weight excluding hydrogens is 288 g/mol. The van der Waals surface area contributed by atoms with Gasteiger partial charge in [-0.2, -0.15) is 0 Å². The fraction of sp³-hybridized carbons (Fsp3) is 0.400. The summed E-state index contributed by atoms with van der Waals surface area (Å²) in [4.78, 5) is 37.9. The van der Waals surface area contributed by atoms with Crippen LogP contribution >= 0.6 is 11.8 Å². The zero-order valence-corrected chi connectivity index (χ0v) is 12.9. The van der Waals surface area contributed by atoms with E-state index in [0.717, 1.165) is 10.5 Å². The minimum absolute atomic E-state index is 0.0442. The molecule has 3 amide bonds. The Morgan fingerprint density at radius 2 is 2.10 bits per heavy atom. The number of hydrogen-bond acceptors (Lipinski definition) is 4. The summed E-state index contributed by atoms with van der Waals surface area (Å²) >= 11 is 1.43. The molecule has 0 saturated carbocycles. The first-order valence-electron chi connectivity index (χ1n) is 6.84. The molecule has 0 bridgehead atoms. The summed E-state index contributed by atoms with van der Waals surface area (Å²) in [5.74, 6) is -0.762. The molecule has 1 heterocycles. The zero-order chi connectivity index (χ0) is 15.4. The van der Waals surface area contributed by atoms with E-state index in [1.54, 1.807) is 0 Å². The van der Waals surface area contributed by atoms with E-state index >= 15 is 0 Å². The van der Waals surface area contributed by atoms with Gasteiger partial charge >= 0.3 is 0 Å². The number of nitrogens with zero attached hydrogens (tertiary/aromatic N) is 1. The number of rotatable bonds is 4. The van der Waals surface area contributed by atoms with Crippen LogP contribution in [0.25, 0.3) is 0 Å². The summed E-state index contributed by atoms with van der Waals surface area (Å²) < 4.78 is 0. The Hall–Kier alpha value is -1.82. The van der Waals surface area contributed by atoms with Crippen LogP contribution in [-0.2, 0) is 14.4 Å². The SMILES string of the molecule is CCC1C(=O)NC(=O)CN1C(=O)CSc1ccccc1C. The van der Waals surface area contributed by atoms with Crippen molar-refractivity contribution in [1.82, 2.24) is 10.2 Å². The molecule has 0 radical (unpaired) electrons. The number of thioether (sulfide) groups is 1. The lowest BCUT2D eigenvalue weighted by Gasteiger charge is -2.33. The summed E-state index contributed by atoms with van der Waals surface area (Å²) in [5, 5.41) is 2.27. The van der Waals surface area contributed by atoms with Gasteiger partial charge in [0, 0.05) is 4.90 Å². The fourth-order valence-corrected chi connectivity index (χ4v) is 3.19. The van der Waals surface area contributed by atoms with Crippen LogP contribution in [0.1, 0.15) is 18.9 Å². The van der Waals surface area contributed by atoms with Crippen LogP contribution in [-0.4, -0.2) is 41.0 Å². The lowest BCUT2D eigenvalue weighted by molar-refractivity contribution is -0.148. The fourth-order valence-electron chi connectivity index (χ4n) is 2.28. The summed E-state index contributed by atoms with van der Waals surface area (Å²) in [6.45, 7) is 3.77. The second-order valence-corrected chi connectivity index (χ2v) is 5.93. The number of nitrogens with one attached hydrogen (secondary N) is 1. The van der Waals surface area contributed by atoms with Crippen molar-refractivity contribution in [3.8, 4) is 0 Å². The third-order valence-electron chi connectivity index (χ3n) is 3.41. The van der Waals surface area contributed by atoms with E-state index in [-0.39, 0.29) is 24.1 Å². The quantitative estimate of drug-likeness (QED) is 0.673. The lowest BCUT2D eigenvalue weighted by Crippen LogP contribution is -2.59. The van der Waals surface area contributed by atoms with E-state index in [1.165, 1.54) is 16.7 Å². The van der Waals surface area contributed by atoms with Crippen LogP contribution in [0.15, 0.2) is 29.2 Å². The van der Waals surface area contributed by atoms with Gasteiger partial charge in [-0.15, -0.1) is 11.8 Å². The van der Waals surface area contributed by atoms with E-state index in [9.17, 15) is 14.4 Å². The Balaban J connectivity index is 2.03. The van der Waals surface area contributed by atoms with Gasteiger partial charge in [-0.25, -0.2) is 0 Å². The summed E-state index contributed by atoms with van der Waals surface area (Å²) in [6.07, 6.45) is 0.500. The first-order chi connectivity index (χ1) is 10.0. The third kappa shape index (κ3) is 3.64. The van der Waals surface area contributed by atoms with E-state index < -0.39 is 11.9 Å². The van der Waals surface area contributed by atoms with E-state index in [4.69, 9.17) is 0 Å². The maximum absolute atomic E-state index is 12.3. The number of piperazine rings is 1. The predicted octanol–water partition coefficient (Wildman–Crippen LogP) is 1.35. The van der Waals surface area contributed by atoms with E-state index in [1.807, 2.05) is 38.1 Å². The number of carbonyl (C=O) groups excluding carboxylic acids is 3. The molecule has 1 aromatic carbocycles. The molecule has 0 aliphatic carbocycles. The number of imide groups is 1. The molecule has 1 atom stereocenters. The van der Waals surface area contributed by atoms with Crippen molar-refractivity contribution in [3.05, 3.63) is 29.8 Å². The highest BCUT2D eigenvalue weighted by atomic mass is 32.2. The molecule has 1 fully saturated rings. The number of aryl methyl sites for hydroxylation is 1. The highest BCUT2D eigenvalue weighted by Gasteiger charge is 2.35. The second-order valence-electron chi connectivity index (χ2n) is 4.91. The molecule has 21 heavy (non-hydrogen) atoms. The van der Waals surface area contributed by atoms with Crippen molar-refractivity contribution in [1.29, 1.82) is 0 Å². The van der Waals surface area contributed by atoms with Crippen LogP contribution < -0.4 is 5.32 Å². The second kappa shape index (κ2) is 6.76. The average Bonchev–Trinajstić information content (AvgIpc) is 2.45. The van der Waals surface area contributed by atoms with Gasteiger partial charge in [0.2, 0.25) is 17.7 Å². The highest BCUT2D eigenvalue weighted by molar-refractivity contribution is 8.00. The molecule has 112 valence electrons. The van der Waals surface area contributed by atoms with Gasteiger partial charge in [0.15, 0.2) is 0 Å². The van der Waals surface area contributed by atoms with Gasteiger partial charge in [0.25, 0.3) is 0 Å². The Morgan fingerprint density at radius 3 is 2.76 bits per heavy atom. The standard InChI is InChI=1S/C15H18N2O3S/c1-3-11-15(20)16-13(18)8-17(11)14(19)9-21-12-7-5-4-6-10(12)2/h4-7,11H,3,8-9H2,1-2H3,(H,16,18,20). The van der Waals surface area contributed by atoms with Crippen LogP contribution in [0, 0.1) is 6.92 Å². The smallest absolute Gasteiger partial charge is 0.249 e. The highest BCUT2D eigenvalue weighted by Crippen LogP contribution is 2.23. The Morgan fingerprint density at radius 1 is 1.38 bits per heavy atom. The number of benzene rings is 1. The monoisotopic (exact) mass is 306 g/mol. The molecule has 1 saturated heterocycles. The first kappa shape index (κ1) is 15.6. The summed E-state index contributed by atoms with van der Waals surface area (Å²) in [5.41, 5.74) is 1.11. The molecule has 1 unspecified atom stereocenters. The zero-order valence-electron chi connectivity index (χ0n) is 12.1. The molecule has 6 heteroatoms.